The van der Waals surface area contributed by atoms with E-state index >= 15 is 0 Å². The van der Waals surface area contributed by atoms with Crippen LogP contribution in [0.3, 0.4) is 0 Å². The van der Waals surface area contributed by atoms with Crippen LogP contribution in [0, 0.1) is 6.92 Å². The Morgan fingerprint density at radius 3 is 2.67 bits per heavy atom. The van der Waals surface area contributed by atoms with Gasteiger partial charge in [-0.2, -0.15) is 0 Å². The van der Waals surface area contributed by atoms with Crippen molar-refractivity contribution in [3.05, 3.63) is 99.8 Å². The summed E-state index contributed by atoms with van der Waals surface area (Å²) in [6, 6.07) is 23.6. The maximum Gasteiger partial charge on any atom is 0.253 e. The molecule has 7 heteroatoms. The Balaban J connectivity index is 1.46. The van der Waals surface area contributed by atoms with Crippen molar-refractivity contribution in [3.8, 4) is 11.5 Å². The molecule has 0 aliphatic carbocycles. The Labute approximate surface area is 196 Å². The quantitative estimate of drug-likeness (QED) is 0.413. The minimum atomic E-state index is -0.119. The molecule has 2 N–H and O–H groups in total. The molecule has 0 bridgehead atoms. The number of nitrogens with zero attached hydrogens (tertiary/aromatic N) is 1. The fourth-order valence-corrected chi connectivity index (χ4v) is 4.11. The highest BCUT2D eigenvalue weighted by Gasteiger charge is 2.18. The van der Waals surface area contributed by atoms with Crippen LogP contribution in [0.5, 0.6) is 11.5 Å². The van der Waals surface area contributed by atoms with Crippen LogP contribution >= 0.6 is 12.2 Å². The standard InChI is InChI=1S/C26H23N3O3S/c1-17-7-9-19-13-20(25(30)28-22(19)11-17)15-29(26(33)27-21-5-3-2-4-6-21)14-18-8-10-23-24(12-18)32-16-31-23/h2-13H,14-16H2,1H3,(H,27,33)(H,28,30). The molecule has 2 heterocycles. The molecule has 4 aromatic rings. The van der Waals surface area contributed by atoms with Crippen LogP contribution in [0.15, 0.2) is 77.6 Å². The molecule has 0 amide bonds. The number of fused-ring (bicyclic) bond motifs is 2. The van der Waals surface area contributed by atoms with Crippen LogP contribution in [0.1, 0.15) is 16.7 Å². The van der Waals surface area contributed by atoms with Gasteiger partial charge in [0.05, 0.1) is 6.54 Å². The molecule has 0 spiro atoms. The highest BCUT2D eigenvalue weighted by Crippen LogP contribution is 2.33. The molecular weight excluding hydrogens is 434 g/mol. The molecule has 1 aliphatic rings. The van der Waals surface area contributed by atoms with Crippen molar-refractivity contribution in [1.29, 1.82) is 0 Å². The summed E-state index contributed by atoms with van der Waals surface area (Å²) in [5, 5.41) is 4.80. The third kappa shape index (κ3) is 4.68. The lowest BCUT2D eigenvalue weighted by Crippen LogP contribution is -2.35. The van der Waals surface area contributed by atoms with Crippen LogP contribution in [-0.2, 0) is 13.1 Å². The fraction of sp³-hybridized carbons (Fsp3) is 0.154. The van der Waals surface area contributed by atoms with Crippen molar-refractivity contribution in [2.75, 3.05) is 12.1 Å². The van der Waals surface area contributed by atoms with Crippen molar-refractivity contribution in [2.24, 2.45) is 0 Å². The van der Waals surface area contributed by atoms with Crippen molar-refractivity contribution in [1.82, 2.24) is 9.88 Å². The first-order chi connectivity index (χ1) is 16.0. The van der Waals surface area contributed by atoms with Gasteiger partial charge in [-0.25, -0.2) is 0 Å². The Morgan fingerprint density at radius 2 is 1.82 bits per heavy atom. The number of rotatable bonds is 5. The molecule has 0 unspecified atom stereocenters. The number of hydrogen-bond acceptors (Lipinski definition) is 4. The number of aromatic amines is 1. The van der Waals surface area contributed by atoms with E-state index in [4.69, 9.17) is 21.7 Å². The number of ether oxygens (including phenoxy) is 2. The van der Waals surface area contributed by atoms with Gasteiger partial charge < -0.3 is 24.7 Å². The van der Waals surface area contributed by atoms with Gasteiger partial charge in [-0.3, -0.25) is 4.79 Å². The van der Waals surface area contributed by atoms with Crippen molar-refractivity contribution >= 4 is 33.9 Å². The fourth-order valence-electron chi connectivity index (χ4n) is 3.87. The lowest BCUT2D eigenvalue weighted by atomic mass is 10.1. The molecule has 0 saturated carbocycles. The molecule has 0 atom stereocenters. The first-order valence-electron chi connectivity index (χ1n) is 10.7. The zero-order valence-electron chi connectivity index (χ0n) is 18.1. The maximum absolute atomic E-state index is 12.9. The molecule has 0 saturated heterocycles. The first-order valence-corrected chi connectivity index (χ1v) is 11.1. The van der Waals surface area contributed by atoms with Crippen LogP contribution in [-0.4, -0.2) is 21.8 Å². The van der Waals surface area contributed by atoms with E-state index in [-0.39, 0.29) is 12.4 Å². The normalized spacial score (nSPS) is 12.0. The average Bonchev–Trinajstić information content (AvgIpc) is 3.28. The summed E-state index contributed by atoms with van der Waals surface area (Å²) < 4.78 is 11.0. The molecule has 0 fully saturated rings. The van der Waals surface area contributed by atoms with Gasteiger partial charge >= 0.3 is 0 Å². The molecule has 33 heavy (non-hydrogen) atoms. The van der Waals surface area contributed by atoms with Crippen molar-refractivity contribution in [2.45, 2.75) is 20.0 Å². The summed E-state index contributed by atoms with van der Waals surface area (Å²) in [5.74, 6) is 1.45. The van der Waals surface area contributed by atoms with Crippen LogP contribution in [0.2, 0.25) is 0 Å². The molecule has 0 radical (unpaired) electrons. The van der Waals surface area contributed by atoms with E-state index in [0.29, 0.717) is 29.5 Å². The van der Waals surface area contributed by atoms with Gasteiger partial charge in [-0.1, -0.05) is 36.4 Å². The minimum absolute atomic E-state index is 0.119. The largest absolute Gasteiger partial charge is 0.454 e. The Kier molecular flexibility index (Phi) is 5.71. The summed E-state index contributed by atoms with van der Waals surface area (Å²) in [7, 11) is 0. The van der Waals surface area contributed by atoms with Crippen LogP contribution in [0.25, 0.3) is 10.9 Å². The molecule has 1 aromatic heterocycles. The number of thiocarbonyl (C=S) groups is 1. The Bertz CT molecular complexity index is 1380. The van der Waals surface area contributed by atoms with E-state index < -0.39 is 0 Å². The Morgan fingerprint density at radius 1 is 1.00 bits per heavy atom. The lowest BCUT2D eigenvalue weighted by Gasteiger charge is -2.26. The van der Waals surface area contributed by atoms with Gasteiger partial charge in [-0.05, 0) is 72.1 Å². The zero-order chi connectivity index (χ0) is 22.8. The number of aromatic nitrogens is 1. The van der Waals surface area contributed by atoms with Gasteiger partial charge in [0.15, 0.2) is 16.6 Å². The number of nitrogens with one attached hydrogen (secondary N) is 2. The van der Waals surface area contributed by atoms with Crippen molar-refractivity contribution in [3.63, 3.8) is 0 Å². The predicted octanol–water partition coefficient (Wildman–Crippen LogP) is 4.96. The summed E-state index contributed by atoms with van der Waals surface area (Å²) >= 11 is 5.76. The Hall–Kier alpha value is -3.84. The monoisotopic (exact) mass is 457 g/mol. The van der Waals surface area contributed by atoms with Gasteiger partial charge in [0.1, 0.15) is 0 Å². The predicted molar refractivity (Wildman–Crippen MR) is 134 cm³/mol. The van der Waals surface area contributed by atoms with E-state index in [9.17, 15) is 4.79 Å². The van der Waals surface area contributed by atoms with E-state index in [1.807, 2.05) is 84.6 Å². The second-order valence-corrected chi connectivity index (χ2v) is 8.44. The number of pyridine rings is 1. The van der Waals surface area contributed by atoms with Crippen LogP contribution < -0.4 is 20.3 Å². The average molecular weight is 458 g/mol. The number of aryl methyl sites for hydroxylation is 1. The first kappa shape index (κ1) is 21.0. The minimum Gasteiger partial charge on any atom is -0.454 e. The summed E-state index contributed by atoms with van der Waals surface area (Å²) in [6.45, 7) is 3.09. The zero-order valence-corrected chi connectivity index (χ0v) is 18.9. The van der Waals surface area contributed by atoms with Gasteiger partial charge in [0, 0.05) is 23.3 Å². The summed E-state index contributed by atoms with van der Waals surface area (Å²) in [4.78, 5) is 17.9. The number of hydrogen-bond donors (Lipinski definition) is 2. The second-order valence-electron chi connectivity index (χ2n) is 8.05. The second kappa shape index (κ2) is 8.96. The van der Waals surface area contributed by atoms with Gasteiger partial charge in [0.2, 0.25) is 6.79 Å². The third-order valence-corrected chi connectivity index (χ3v) is 5.92. The SMILES string of the molecule is Cc1ccc2cc(CN(Cc3ccc4c(c3)OCO4)C(=S)Nc3ccccc3)c(=O)[nH]c2c1. The van der Waals surface area contributed by atoms with Gasteiger partial charge in [-0.15, -0.1) is 0 Å². The maximum atomic E-state index is 12.9. The van der Waals surface area contributed by atoms with E-state index in [1.165, 1.54) is 0 Å². The molecule has 166 valence electrons. The highest BCUT2D eigenvalue weighted by atomic mass is 32.1. The molecule has 1 aliphatic heterocycles. The molecule has 6 nitrogen and oxygen atoms in total. The smallest absolute Gasteiger partial charge is 0.253 e. The van der Waals surface area contributed by atoms with Crippen molar-refractivity contribution < 1.29 is 9.47 Å². The highest BCUT2D eigenvalue weighted by molar-refractivity contribution is 7.80. The lowest BCUT2D eigenvalue weighted by molar-refractivity contribution is 0.174. The molecule has 3 aromatic carbocycles. The van der Waals surface area contributed by atoms with E-state index in [2.05, 4.69) is 10.3 Å². The molecular formula is C26H23N3O3S. The number of para-hydroxylation sites is 1. The third-order valence-electron chi connectivity index (χ3n) is 5.56. The number of benzene rings is 3. The van der Waals surface area contributed by atoms with Gasteiger partial charge in [0.25, 0.3) is 5.56 Å². The topological polar surface area (TPSA) is 66.6 Å². The molecule has 5 rings (SSSR count). The summed E-state index contributed by atoms with van der Waals surface area (Å²) in [6.07, 6.45) is 0. The number of H-pyrrole nitrogens is 1. The van der Waals surface area contributed by atoms with E-state index in [0.717, 1.165) is 33.5 Å². The summed E-state index contributed by atoms with van der Waals surface area (Å²) in [5.41, 5.74) is 4.35. The van der Waals surface area contributed by atoms with Crippen LogP contribution in [0.4, 0.5) is 5.69 Å². The number of anilines is 1. The van der Waals surface area contributed by atoms with E-state index in [1.54, 1.807) is 0 Å².